The molecular formula is C21H25N3O3. The number of anilines is 2. The van der Waals surface area contributed by atoms with Crippen LogP contribution < -0.4 is 10.6 Å². The predicted octanol–water partition coefficient (Wildman–Crippen LogP) is 2.83. The molecule has 142 valence electrons. The number of hydrogen-bond acceptors (Lipinski definition) is 4. The molecule has 3 rings (SSSR count). The fraction of sp³-hybridized carbons (Fsp3) is 0.333. The molecule has 0 atom stereocenters. The molecule has 6 nitrogen and oxygen atoms in total. The molecule has 1 saturated heterocycles. The smallest absolute Gasteiger partial charge is 0.254 e. The third-order valence-electron chi connectivity index (χ3n) is 4.61. The van der Waals surface area contributed by atoms with Gasteiger partial charge in [0.1, 0.15) is 0 Å². The molecule has 0 saturated carbocycles. The molecule has 0 bridgehead atoms. The second-order valence-electron chi connectivity index (χ2n) is 6.65. The number of benzene rings is 2. The summed E-state index contributed by atoms with van der Waals surface area (Å²) < 4.78 is 5.29. The van der Waals surface area contributed by atoms with Crippen LogP contribution in [0.1, 0.15) is 21.5 Å². The third-order valence-corrected chi connectivity index (χ3v) is 4.61. The number of para-hydroxylation sites is 1. The van der Waals surface area contributed by atoms with Crippen molar-refractivity contribution in [2.24, 2.45) is 0 Å². The van der Waals surface area contributed by atoms with Gasteiger partial charge >= 0.3 is 0 Å². The van der Waals surface area contributed by atoms with Crippen molar-refractivity contribution in [3.05, 3.63) is 59.2 Å². The van der Waals surface area contributed by atoms with Crippen LogP contribution in [0.2, 0.25) is 0 Å². The lowest BCUT2D eigenvalue weighted by atomic mass is 10.1. The molecular weight excluding hydrogens is 342 g/mol. The monoisotopic (exact) mass is 367 g/mol. The molecule has 0 unspecified atom stereocenters. The van der Waals surface area contributed by atoms with Gasteiger partial charge in [0, 0.05) is 30.0 Å². The molecule has 2 aromatic rings. The lowest BCUT2D eigenvalue weighted by Crippen LogP contribution is -2.40. The number of nitrogens with zero attached hydrogens (tertiary/aromatic N) is 1. The van der Waals surface area contributed by atoms with E-state index in [9.17, 15) is 9.59 Å². The Morgan fingerprint density at radius 3 is 2.41 bits per heavy atom. The summed E-state index contributed by atoms with van der Waals surface area (Å²) in [4.78, 5) is 26.7. The average Bonchev–Trinajstić information content (AvgIpc) is 2.69. The number of hydrogen-bond donors (Lipinski definition) is 2. The predicted molar refractivity (Wildman–Crippen MR) is 106 cm³/mol. The number of aryl methyl sites for hydroxylation is 2. The van der Waals surface area contributed by atoms with E-state index < -0.39 is 0 Å². The van der Waals surface area contributed by atoms with E-state index in [1.54, 1.807) is 17.0 Å². The summed E-state index contributed by atoms with van der Waals surface area (Å²) in [5.41, 5.74) is 4.26. The van der Waals surface area contributed by atoms with Crippen LogP contribution in [0, 0.1) is 13.8 Å². The minimum atomic E-state index is -0.127. The van der Waals surface area contributed by atoms with Crippen LogP contribution in [0.3, 0.4) is 0 Å². The van der Waals surface area contributed by atoms with Crippen molar-refractivity contribution >= 4 is 23.2 Å². The zero-order valence-electron chi connectivity index (χ0n) is 15.7. The Hall–Kier alpha value is -2.86. The highest BCUT2D eigenvalue weighted by Gasteiger charge is 2.18. The van der Waals surface area contributed by atoms with Gasteiger partial charge in [-0.1, -0.05) is 24.3 Å². The average molecular weight is 367 g/mol. The molecule has 0 aliphatic carbocycles. The summed E-state index contributed by atoms with van der Waals surface area (Å²) in [6.07, 6.45) is 0. The SMILES string of the molecule is Cc1cccc(C)c1NC(=O)CNc1cccc(C(=O)N2CCOCC2)c1. The van der Waals surface area contributed by atoms with Gasteiger partial charge in [-0.15, -0.1) is 0 Å². The molecule has 0 radical (unpaired) electrons. The molecule has 2 amide bonds. The van der Waals surface area contributed by atoms with Gasteiger partial charge in [-0.2, -0.15) is 0 Å². The zero-order chi connectivity index (χ0) is 19.2. The van der Waals surface area contributed by atoms with E-state index in [1.807, 2.05) is 44.2 Å². The van der Waals surface area contributed by atoms with Crippen molar-refractivity contribution in [1.82, 2.24) is 4.90 Å². The lowest BCUT2D eigenvalue weighted by Gasteiger charge is -2.27. The van der Waals surface area contributed by atoms with Crippen LogP contribution in [0.5, 0.6) is 0 Å². The van der Waals surface area contributed by atoms with Gasteiger partial charge in [-0.3, -0.25) is 9.59 Å². The molecule has 1 fully saturated rings. The molecule has 6 heteroatoms. The fourth-order valence-electron chi connectivity index (χ4n) is 3.09. The molecule has 2 aromatic carbocycles. The molecule has 2 N–H and O–H groups in total. The first-order chi connectivity index (χ1) is 13.0. The van der Waals surface area contributed by atoms with Gasteiger partial charge < -0.3 is 20.3 Å². The summed E-state index contributed by atoms with van der Waals surface area (Å²) in [6, 6.07) is 13.1. The second kappa shape index (κ2) is 8.68. The van der Waals surface area contributed by atoms with Crippen molar-refractivity contribution in [3.8, 4) is 0 Å². The molecule has 0 aromatic heterocycles. The van der Waals surface area contributed by atoms with Gasteiger partial charge in [0.25, 0.3) is 5.91 Å². The van der Waals surface area contributed by atoms with E-state index in [4.69, 9.17) is 4.74 Å². The van der Waals surface area contributed by atoms with Crippen LogP contribution >= 0.6 is 0 Å². The second-order valence-corrected chi connectivity index (χ2v) is 6.65. The number of ether oxygens (including phenoxy) is 1. The van der Waals surface area contributed by atoms with E-state index >= 15 is 0 Å². The van der Waals surface area contributed by atoms with Crippen LogP contribution in [0.4, 0.5) is 11.4 Å². The van der Waals surface area contributed by atoms with E-state index in [-0.39, 0.29) is 18.4 Å². The molecule has 1 aliphatic heterocycles. The third kappa shape index (κ3) is 4.86. The number of carbonyl (C=O) groups is 2. The van der Waals surface area contributed by atoms with Gasteiger partial charge in [-0.05, 0) is 43.2 Å². The van der Waals surface area contributed by atoms with Gasteiger partial charge in [0.05, 0.1) is 19.8 Å². The summed E-state index contributed by atoms with van der Waals surface area (Å²) in [5, 5.41) is 6.04. The van der Waals surface area contributed by atoms with Crippen molar-refractivity contribution < 1.29 is 14.3 Å². The van der Waals surface area contributed by atoms with Crippen molar-refractivity contribution in [3.63, 3.8) is 0 Å². The summed E-state index contributed by atoms with van der Waals surface area (Å²) >= 11 is 0. The summed E-state index contributed by atoms with van der Waals surface area (Å²) in [6.45, 7) is 6.42. The van der Waals surface area contributed by atoms with Gasteiger partial charge in [0.2, 0.25) is 5.91 Å². The number of morpholine rings is 1. The van der Waals surface area contributed by atoms with Crippen LogP contribution in [0.25, 0.3) is 0 Å². The molecule has 1 heterocycles. The van der Waals surface area contributed by atoms with E-state index in [2.05, 4.69) is 10.6 Å². The maximum atomic E-state index is 12.6. The minimum absolute atomic E-state index is 0.0121. The zero-order valence-corrected chi connectivity index (χ0v) is 15.7. The Kier molecular flexibility index (Phi) is 6.08. The first-order valence-electron chi connectivity index (χ1n) is 9.11. The molecule has 0 spiro atoms. The van der Waals surface area contributed by atoms with E-state index in [0.717, 1.165) is 22.5 Å². The number of carbonyl (C=O) groups excluding carboxylic acids is 2. The van der Waals surface area contributed by atoms with Crippen molar-refractivity contribution in [1.29, 1.82) is 0 Å². The Morgan fingerprint density at radius 2 is 1.70 bits per heavy atom. The lowest BCUT2D eigenvalue weighted by molar-refractivity contribution is -0.114. The van der Waals surface area contributed by atoms with Crippen LogP contribution in [-0.2, 0) is 9.53 Å². The van der Waals surface area contributed by atoms with E-state index in [1.165, 1.54) is 0 Å². The van der Waals surface area contributed by atoms with E-state index in [0.29, 0.717) is 31.9 Å². The highest BCUT2D eigenvalue weighted by molar-refractivity contribution is 5.96. The highest BCUT2D eigenvalue weighted by atomic mass is 16.5. The summed E-state index contributed by atoms with van der Waals surface area (Å²) in [5.74, 6) is -0.140. The quantitative estimate of drug-likeness (QED) is 0.853. The molecule has 27 heavy (non-hydrogen) atoms. The van der Waals surface area contributed by atoms with Crippen LogP contribution in [-0.4, -0.2) is 49.6 Å². The van der Waals surface area contributed by atoms with Crippen molar-refractivity contribution in [2.45, 2.75) is 13.8 Å². The first-order valence-corrected chi connectivity index (χ1v) is 9.11. The van der Waals surface area contributed by atoms with Gasteiger partial charge in [-0.25, -0.2) is 0 Å². The Balaban J connectivity index is 1.59. The number of amides is 2. The van der Waals surface area contributed by atoms with Gasteiger partial charge in [0.15, 0.2) is 0 Å². The Bertz CT molecular complexity index is 809. The van der Waals surface area contributed by atoms with Crippen LogP contribution in [0.15, 0.2) is 42.5 Å². The first kappa shape index (κ1) is 18.9. The number of nitrogens with one attached hydrogen (secondary N) is 2. The standard InChI is InChI=1S/C21H25N3O3/c1-15-5-3-6-16(2)20(15)23-19(25)14-22-18-8-4-7-17(13-18)21(26)24-9-11-27-12-10-24/h3-8,13,22H,9-12,14H2,1-2H3,(H,23,25). The number of rotatable bonds is 5. The minimum Gasteiger partial charge on any atom is -0.378 e. The Morgan fingerprint density at radius 1 is 1.04 bits per heavy atom. The normalized spacial score (nSPS) is 13.9. The molecule has 1 aliphatic rings. The Labute approximate surface area is 159 Å². The largest absolute Gasteiger partial charge is 0.378 e. The maximum absolute atomic E-state index is 12.6. The fourth-order valence-corrected chi connectivity index (χ4v) is 3.09. The summed E-state index contributed by atoms with van der Waals surface area (Å²) in [7, 11) is 0. The topological polar surface area (TPSA) is 70.7 Å². The maximum Gasteiger partial charge on any atom is 0.254 e. The highest BCUT2D eigenvalue weighted by Crippen LogP contribution is 2.19. The van der Waals surface area contributed by atoms with Crippen molar-refractivity contribution in [2.75, 3.05) is 43.5 Å².